The van der Waals surface area contributed by atoms with Gasteiger partial charge in [0.25, 0.3) is 0 Å². The third-order valence-corrected chi connectivity index (χ3v) is 4.39. The maximum absolute atomic E-state index is 12.4. The molecule has 120 valence electrons. The lowest BCUT2D eigenvalue weighted by Crippen LogP contribution is -1.99. The molecule has 3 rings (SSSR count). The number of hydrogen-bond acceptors (Lipinski definition) is 4. The fourth-order valence-corrected chi connectivity index (χ4v) is 3.15. The SMILES string of the molecule is O=C(O)Cc1ccc(C(=O)c2ccc(Oc3ccccc3)cc2)s1. The molecule has 0 aliphatic carbocycles. The number of hydrogen-bond donors (Lipinski definition) is 1. The van der Waals surface area contributed by atoms with Crippen LogP contribution in [0.3, 0.4) is 0 Å². The van der Waals surface area contributed by atoms with E-state index in [2.05, 4.69) is 0 Å². The van der Waals surface area contributed by atoms with Crippen molar-refractivity contribution in [2.75, 3.05) is 0 Å². The van der Waals surface area contributed by atoms with Crippen LogP contribution in [0, 0.1) is 0 Å². The zero-order valence-corrected chi connectivity index (χ0v) is 13.5. The maximum atomic E-state index is 12.4. The molecule has 0 saturated carbocycles. The number of para-hydroxylation sites is 1. The molecule has 0 bridgehead atoms. The van der Waals surface area contributed by atoms with Crippen molar-refractivity contribution in [1.82, 2.24) is 0 Å². The standard InChI is InChI=1S/C19H14O4S/c20-18(21)12-16-10-11-17(24-16)19(22)13-6-8-15(9-7-13)23-14-4-2-1-3-5-14/h1-11H,12H2,(H,20,21). The average Bonchev–Trinajstić information content (AvgIpc) is 3.03. The minimum atomic E-state index is -0.904. The minimum absolute atomic E-state index is 0.0677. The smallest absolute Gasteiger partial charge is 0.308 e. The Kier molecular flexibility index (Phi) is 4.72. The fourth-order valence-electron chi connectivity index (χ4n) is 2.19. The van der Waals surface area contributed by atoms with Crippen LogP contribution in [-0.2, 0) is 11.2 Å². The van der Waals surface area contributed by atoms with Gasteiger partial charge in [0.2, 0.25) is 5.78 Å². The molecule has 0 atom stereocenters. The van der Waals surface area contributed by atoms with Crippen LogP contribution in [0.4, 0.5) is 0 Å². The average molecular weight is 338 g/mol. The quantitative estimate of drug-likeness (QED) is 0.677. The van der Waals surface area contributed by atoms with Crippen molar-refractivity contribution in [2.45, 2.75) is 6.42 Å². The highest BCUT2D eigenvalue weighted by Gasteiger charge is 2.13. The Labute approximate surface area is 143 Å². The van der Waals surface area contributed by atoms with Gasteiger partial charge in [0, 0.05) is 10.4 Å². The molecule has 0 saturated heterocycles. The summed E-state index contributed by atoms with van der Waals surface area (Å²) in [6.45, 7) is 0. The molecule has 1 aromatic heterocycles. The van der Waals surface area contributed by atoms with Gasteiger partial charge in [-0.15, -0.1) is 11.3 Å². The van der Waals surface area contributed by atoms with Gasteiger partial charge in [-0.1, -0.05) is 18.2 Å². The molecule has 0 aliphatic rings. The van der Waals surface area contributed by atoms with Gasteiger partial charge in [-0.3, -0.25) is 9.59 Å². The van der Waals surface area contributed by atoms with Gasteiger partial charge in [0.15, 0.2) is 0 Å². The first kappa shape index (κ1) is 16.0. The summed E-state index contributed by atoms with van der Waals surface area (Å²) in [4.78, 5) is 24.3. The number of thiophene rings is 1. The monoisotopic (exact) mass is 338 g/mol. The number of aliphatic carboxylic acids is 1. The van der Waals surface area contributed by atoms with Crippen molar-refractivity contribution in [1.29, 1.82) is 0 Å². The lowest BCUT2D eigenvalue weighted by Gasteiger charge is -2.06. The number of benzene rings is 2. The van der Waals surface area contributed by atoms with Gasteiger partial charge >= 0.3 is 5.97 Å². The van der Waals surface area contributed by atoms with Crippen molar-refractivity contribution < 1.29 is 19.4 Å². The second-order valence-electron chi connectivity index (χ2n) is 5.11. The number of rotatable bonds is 6. The van der Waals surface area contributed by atoms with Crippen LogP contribution >= 0.6 is 11.3 Å². The number of carbonyl (C=O) groups excluding carboxylic acids is 1. The van der Waals surface area contributed by atoms with Crippen molar-refractivity contribution >= 4 is 23.1 Å². The molecule has 4 nitrogen and oxygen atoms in total. The Balaban J connectivity index is 1.72. The second kappa shape index (κ2) is 7.10. The zero-order chi connectivity index (χ0) is 16.9. The number of carboxylic acid groups (broad SMARTS) is 1. The van der Waals surface area contributed by atoms with Gasteiger partial charge in [-0.25, -0.2) is 0 Å². The molecule has 24 heavy (non-hydrogen) atoms. The molecule has 2 aromatic carbocycles. The summed E-state index contributed by atoms with van der Waals surface area (Å²) in [6, 6.07) is 19.6. The van der Waals surface area contributed by atoms with E-state index in [9.17, 15) is 9.59 Å². The highest BCUT2D eigenvalue weighted by molar-refractivity contribution is 7.14. The predicted octanol–water partition coefficient (Wildman–Crippen LogP) is 4.40. The van der Waals surface area contributed by atoms with E-state index < -0.39 is 5.97 Å². The van der Waals surface area contributed by atoms with Crippen molar-refractivity contribution in [2.24, 2.45) is 0 Å². The Bertz CT molecular complexity index is 851. The van der Waals surface area contributed by atoms with Gasteiger partial charge in [-0.2, -0.15) is 0 Å². The van der Waals surface area contributed by atoms with Crippen molar-refractivity contribution in [3.05, 3.63) is 82.0 Å². The maximum Gasteiger partial charge on any atom is 0.308 e. The Morgan fingerprint density at radius 3 is 2.21 bits per heavy atom. The number of ketones is 1. The summed E-state index contributed by atoms with van der Waals surface area (Å²) in [5.41, 5.74) is 0.541. The third kappa shape index (κ3) is 3.88. The van der Waals surface area contributed by atoms with E-state index in [1.165, 1.54) is 11.3 Å². The molecular formula is C19H14O4S. The van der Waals surface area contributed by atoms with Gasteiger partial charge in [0.05, 0.1) is 11.3 Å². The molecule has 1 heterocycles. The lowest BCUT2D eigenvalue weighted by atomic mass is 10.1. The normalized spacial score (nSPS) is 10.3. The van der Waals surface area contributed by atoms with Crippen molar-refractivity contribution in [3.63, 3.8) is 0 Å². The van der Waals surface area contributed by atoms with Crippen LogP contribution < -0.4 is 4.74 Å². The molecule has 0 aliphatic heterocycles. The van der Waals surface area contributed by atoms with E-state index in [1.807, 2.05) is 30.3 Å². The fraction of sp³-hybridized carbons (Fsp3) is 0.0526. The van der Waals surface area contributed by atoms with Crippen LogP contribution in [-0.4, -0.2) is 16.9 Å². The van der Waals surface area contributed by atoms with Crippen molar-refractivity contribution in [3.8, 4) is 11.5 Å². The first-order chi connectivity index (χ1) is 11.6. The number of ether oxygens (including phenoxy) is 1. The third-order valence-electron chi connectivity index (χ3n) is 3.31. The molecule has 3 aromatic rings. The minimum Gasteiger partial charge on any atom is -0.481 e. The van der Waals surface area contributed by atoms with Crippen LogP contribution in [0.1, 0.15) is 20.1 Å². The van der Waals surface area contributed by atoms with E-state index in [1.54, 1.807) is 36.4 Å². The molecule has 0 spiro atoms. The molecule has 0 radical (unpaired) electrons. The molecule has 0 unspecified atom stereocenters. The van der Waals surface area contributed by atoms with Crippen LogP contribution in [0.5, 0.6) is 11.5 Å². The van der Waals surface area contributed by atoms with Gasteiger partial charge in [-0.05, 0) is 48.5 Å². The highest BCUT2D eigenvalue weighted by Crippen LogP contribution is 2.24. The van der Waals surface area contributed by atoms with E-state index in [4.69, 9.17) is 9.84 Å². The highest BCUT2D eigenvalue weighted by atomic mass is 32.1. The Hall–Kier alpha value is -2.92. The van der Waals surface area contributed by atoms with Crippen LogP contribution in [0.15, 0.2) is 66.7 Å². The van der Waals surface area contributed by atoms with E-state index >= 15 is 0 Å². The van der Waals surface area contributed by atoms with Gasteiger partial charge < -0.3 is 9.84 Å². The summed E-state index contributed by atoms with van der Waals surface area (Å²) < 4.78 is 5.69. The largest absolute Gasteiger partial charge is 0.481 e. The molecular weight excluding hydrogens is 324 g/mol. The summed E-state index contributed by atoms with van der Waals surface area (Å²) in [5, 5.41) is 8.79. The Morgan fingerprint density at radius 2 is 1.54 bits per heavy atom. The number of carbonyl (C=O) groups is 2. The Morgan fingerprint density at radius 1 is 0.875 bits per heavy atom. The van der Waals surface area contributed by atoms with E-state index in [0.717, 1.165) is 5.75 Å². The summed E-state index contributed by atoms with van der Waals surface area (Å²) >= 11 is 1.21. The summed E-state index contributed by atoms with van der Waals surface area (Å²) in [7, 11) is 0. The molecule has 0 fully saturated rings. The summed E-state index contributed by atoms with van der Waals surface area (Å²) in [5.74, 6) is 0.352. The topological polar surface area (TPSA) is 63.6 Å². The lowest BCUT2D eigenvalue weighted by molar-refractivity contribution is -0.136. The predicted molar refractivity (Wildman–Crippen MR) is 92.0 cm³/mol. The van der Waals surface area contributed by atoms with Crippen LogP contribution in [0.2, 0.25) is 0 Å². The second-order valence-corrected chi connectivity index (χ2v) is 6.27. The van der Waals surface area contributed by atoms with E-state index in [-0.39, 0.29) is 12.2 Å². The first-order valence-electron chi connectivity index (χ1n) is 7.30. The molecule has 0 amide bonds. The van der Waals surface area contributed by atoms with Crippen LogP contribution in [0.25, 0.3) is 0 Å². The summed E-state index contributed by atoms with van der Waals surface area (Å²) in [6.07, 6.45) is -0.0677. The molecule has 5 heteroatoms. The number of carboxylic acids is 1. The molecule has 1 N–H and O–H groups in total. The van der Waals surface area contributed by atoms with Gasteiger partial charge in [0.1, 0.15) is 11.5 Å². The zero-order valence-electron chi connectivity index (χ0n) is 12.6. The first-order valence-corrected chi connectivity index (χ1v) is 8.11. The van der Waals surface area contributed by atoms with E-state index in [0.29, 0.717) is 21.1 Å².